The van der Waals surface area contributed by atoms with Gasteiger partial charge in [0.2, 0.25) is 0 Å². The monoisotopic (exact) mass is 339 g/mol. The maximum Gasteiger partial charge on any atom is 0.123 e. The molecule has 0 spiro atoms. The number of benzene rings is 2. The van der Waals surface area contributed by atoms with Crippen molar-refractivity contribution in [1.29, 1.82) is 0 Å². The van der Waals surface area contributed by atoms with Crippen LogP contribution in [0.4, 0.5) is 10.1 Å². The minimum Gasteiger partial charge on any atom is -0.489 e. The van der Waals surface area contributed by atoms with Gasteiger partial charge in [-0.15, -0.1) is 0 Å². The highest BCUT2D eigenvalue weighted by atomic mass is 19.1. The third kappa shape index (κ3) is 4.38. The molecule has 4 nitrogen and oxygen atoms in total. The highest BCUT2D eigenvalue weighted by Gasteiger charge is 2.09. The summed E-state index contributed by atoms with van der Waals surface area (Å²) in [6, 6.07) is 14.4. The summed E-state index contributed by atoms with van der Waals surface area (Å²) < 4.78 is 21.1. The topological polar surface area (TPSA) is 30.3 Å². The van der Waals surface area contributed by atoms with Crippen molar-refractivity contribution in [3.05, 3.63) is 78.1 Å². The number of ether oxygens (including phenoxy) is 1. The van der Waals surface area contributed by atoms with Crippen LogP contribution in [0.1, 0.15) is 18.2 Å². The molecule has 0 amide bonds. The molecule has 0 N–H and O–H groups in total. The van der Waals surface area contributed by atoms with E-state index in [1.807, 2.05) is 48.4 Å². The highest BCUT2D eigenvalue weighted by molar-refractivity contribution is 5.50. The van der Waals surface area contributed by atoms with E-state index in [4.69, 9.17) is 4.74 Å². The molecule has 2 aromatic carbocycles. The van der Waals surface area contributed by atoms with Crippen LogP contribution in [0, 0.1) is 5.82 Å². The summed E-state index contributed by atoms with van der Waals surface area (Å²) >= 11 is 0. The van der Waals surface area contributed by atoms with Crippen molar-refractivity contribution in [1.82, 2.24) is 9.55 Å². The molecule has 1 heterocycles. The fraction of sp³-hybridized carbons (Fsp3) is 0.250. The summed E-state index contributed by atoms with van der Waals surface area (Å²) in [4.78, 5) is 6.43. The van der Waals surface area contributed by atoms with E-state index in [0.29, 0.717) is 6.61 Å². The van der Waals surface area contributed by atoms with E-state index in [9.17, 15) is 4.39 Å². The Kier molecular flexibility index (Phi) is 5.33. The number of nitrogens with zero attached hydrogens (tertiary/aromatic N) is 3. The molecule has 0 aliphatic rings. The zero-order valence-electron chi connectivity index (χ0n) is 14.5. The zero-order chi connectivity index (χ0) is 17.6. The molecule has 0 radical (unpaired) electrons. The Bertz CT molecular complexity index is 831. The van der Waals surface area contributed by atoms with Crippen LogP contribution in [0.25, 0.3) is 0 Å². The summed E-state index contributed by atoms with van der Waals surface area (Å²) in [6.07, 6.45) is 3.69. The van der Waals surface area contributed by atoms with Crippen LogP contribution < -0.4 is 9.64 Å². The lowest BCUT2D eigenvalue weighted by Crippen LogP contribution is -2.23. The molecule has 1 aromatic heterocycles. The molecule has 0 aliphatic carbocycles. The lowest BCUT2D eigenvalue weighted by atomic mass is 10.2. The van der Waals surface area contributed by atoms with Crippen molar-refractivity contribution in [3.8, 4) is 5.75 Å². The predicted molar refractivity (Wildman–Crippen MR) is 97.1 cm³/mol. The van der Waals surface area contributed by atoms with Gasteiger partial charge in [-0.1, -0.05) is 18.2 Å². The van der Waals surface area contributed by atoms with Crippen molar-refractivity contribution in [3.63, 3.8) is 0 Å². The van der Waals surface area contributed by atoms with E-state index in [2.05, 4.69) is 22.9 Å². The number of aromatic nitrogens is 2. The fourth-order valence-electron chi connectivity index (χ4n) is 2.68. The predicted octanol–water partition coefficient (Wildman–Crippen LogP) is 4.16. The third-order valence-electron chi connectivity index (χ3n) is 4.13. The SMILES string of the molecule is CCN(Cc1cncn1C)c1cccc(OCc2cccc(F)c2)c1. The lowest BCUT2D eigenvalue weighted by Gasteiger charge is -2.23. The third-order valence-corrected chi connectivity index (χ3v) is 4.13. The smallest absolute Gasteiger partial charge is 0.123 e. The van der Waals surface area contributed by atoms with Crippen molar-refractivity contribution >= 4 is 5.69 Å². The van der Waals surface area contributed by atoms with Crippen LogP contribution in [-0.4, -0.2) is 16.1 Å². The maximum atomic E-state index is 13.3. The number of anilines is 1. The average molecular weight is 339 g/mol. The van der Waals surface area contributed by atoms with E-state index in [0.717, 1.165) is 35.8 Å². The Morgan fingerprint density at radius 1 is 1.16 bits per heavy atom. The molecule has 3 aromatic rings. The normalized spacial score (nSPS) is 10.7. The summed E-state index contributed by atoms with van der Waals surface area (Å²) in [5.41, 5.74) is 3.04. The van der Waals surface area contributed by atoms with E-state index < -0.39 is 0 Å². The van der Waals surface area contributed by atoms with Gasteiger partial charge in [0.25, 0.3) is 0 Å². The van der Waals surface area contributed by atoms with Gasteiger partial charge in [0.1, 0.15) is 18.2 Å². The van der Waals surface area contributed by atoms with Crippen LogP contribution in [0.2, 0.25) is 0 Å². The molecular formula is C20H22FN3O. The maximum absolute atomic E-state index is 13.3. The van der Waals surface area contributed by atoms with E-state index >= 15 is 0 Å². The van der Waals surface area contributed by atoms with Crippen LogP contribution in [0.3, 0.4) is 0 Å². The van der Waals surface area contributed by atoms with Gasteiger partial charge in [0.05, 0.1) is 18.6 Å². The summed E-state index contributed by atoms with van der Waals surface area (Å²) in [6.45, 7) is 4.12. The Hall–Kier alpha value is -2.82. The van der Waals surface area contributed by atoms with Crippen LogP contribution in [-0.2, 0) is 20.2 Å². The summed E-state index contributed by atoms with van der Waals surface area (Å²) in [7, 11) is 1.99. The number of imidazole rings is 1. The molecule has 0 unspecified atom stereocenters. The second-order valence-electron chi connectivity index (χ2n) is 5.93. The fourth-order valence-corrected chi connectivity index (χ4v) is 2.68. The van der Waals surface area contributed by atoms with Crippen LogP contribution in [0.5, 0.6) is 5.75 Å². The number of halogens is 1. The average Bonchev–Trinajstić information content (AvgIpc) is 3.03. The van der Waals surface area contributed by atoms with Gasteiger partial charge in [-0.05, 0) is 36.8 Å². The van der Waals surface area contributed by atoms with Gasteiger partial charge in [-0.3, -0.25) is 0 Å². The molecular weight excluding hydrogens is 317 g/mol. The molecule has 0 aliphatic heterocycles. The first-order valence-electron chi connectivity index (χ1n) is 8.33. The van der Waals surface area contributed by atoms with Gasteiger partial charge in [0, 0.05) is 31.5 Å². The standard InChI is InChI=1S/C20H22FN3O/c1-3-24(13-19-12-22-15-23(19)2)18-8-5-9-20(11-18)25-14-16-6-4-7-17(21)10-16/h4-12,15H,3,13-14H2,1-2H3. The Morgan fingerprint density at radius 3 is 2.72 bits per heavy atom. The summed E-state index contributed by atoms with van der Waals surface area (Å²) in [5.74, 6) is 0.522. The Labute approximate surface area is 147 Å². The van der Waals surface area contributed by atoms with Crippen molar-refractivity contribution in [2.45, 2.75) is 20.1 Å². The first-order valence-corrected chi connectivity index (χ1v) is 8.33. The largest absolute Gasteiger partial charge is 0.489 e. The van der Waals surface area contributed by atoms with Gasteiger partial charge >= 0.3 is 0 Å². The molecule has 0 saturated carbocycles. The second kappa shape index (κ2) is 7.83. The quantitative estimate of drug-likeness (QED) is 0.647. The Morgan fingerprint density at radius 2 is 2.00 bits per heavy atom. The van der Waals surface area contributed by atoms with Crippen LogP contribution >= 0.6 is 0 Å². The second-order valence-corrected chi connectivity index (χ2v) is 5.93. The van der Waals surface area contributed by atoms with Crippen molar-refractivity contribution in [2.24, 2.45) is 7.05 Å². The molecule has 130 valence electrons. The molecule has 25 heavy (non-hydrogen) atoms. The van der Waals surface area contributed by atoms with Gasteiger partial charge < -0.3 is 14.2 Å². The molecule has 0 bridgehead atoms. The number of rotatable bonds is 7. The minimum absolute atomic E-state index is 0.247. The number of hydrogen-bond acceptors (Lipinski definition) is 3. The van der Waals surface area contributed by atoms with Crippen molar-refractivity contribution < 1.29 is 9.13 Å². The molecule has 3 rings (SSSR count). The minimum atomic E-state index is -0.247. The van der Waals surface area contributed by atoms with Gasteiger partial charge in [-0.25, -0.2) is 9.37 Å². The number of aryl methyl sites for hydroxylation is 1. The lowest BCUT2D eigenvalue weighted by molar-refractivity contribution is 0.305. The van der Waals surface area contributed by atoms with Gasteiger partial charge in [-0.2, -0.15) is 0 Å². The highest BCUT2D eigenvalue weighted by Crippen LogP contribution is 2.23. The van der Waals surface area contributed by atoms with Gasteiger partial charge in [0.15, 0.2) is 0 Å². The molecule has 0 atom stereocenters. The van der Waals surface area contributed by atoms with Crippen molar-refractivity contribution in [2.75, 3.05) is 11.4 Å². The number of hydrogen-bond donors (Lipinski definition) is 0. The van der Waals surface area contributed by atoms with Crippen LogP contribution in [0.15, 0.2) is 61.1 Å². The summed E-state index contributed by atoms with van der Waals surface area (Å²) in [5, 5.41) is 0. The first kappa shape index (κ1) is 17.0. The first-order chi connectivity index (χ1) is 12.2. The molecule has 5 heteroatoms. The van der Waals surface area contributed by atoms with E-state index in [1.54, 1.807) is 6.07 Å². The van der Waals surface area contributed by atoms with E-state index in [-0.39, 0.29) is 5.82 Å². The Balaban J connectivity index is 1.70. The molecule has 0 fully saturated rings. The zero-order valence-corrected chi connectivity index (χ0v) is 14.5. The van der Waals surface area contributed by atoms with E-state index in [1.165, 1.54) is 12.1 Å². The molecule has 0 saturated heterocycles.